The van der Waals surface area contributed by atoms with Gasteiger partial charge in [0.2, 0.25) is 11.8 Å². The van der Waals surface area contributed by atoms with E-state index in [9.17, 15) is 18.0 Å². The normalized spacial score (nSPS) is 12.1. The lowest BCUT2D eigenvalue weighted by atomic mass is 10.0. The van der Waals surface area contributed by atoms with Crippen LogP contribution in [0.2, 0.25) is 0 Å². The quantitative estimate of drug-likeness (QED) is 0.179. The summed E-state index contributed by atoms with van der Waals surface area (Å²) in [7, 11) is -4.16. The van der Waals surface area contributed by atoms with Crippen LogP contribution in [0.15, 0.2) is 106 Å². The minimum absolute atomic E-state index is 0.0813. The summed E-state index contributed by atoms with van der Waals surface area (Å²) in [6, 6.07) is 28.0. The summed E-state index contributed by atoms with van der Waals surface area (Å²) in [5.74, 6) is -0.804. The van der Waals surface area contributed by atoms with Crippen LogP contribution in [0, 0.1) is 20.8 Å². The van der Waals surface area contributed by atoms with E-state index in [1.807, 2.05) is 101 Å². The Hall–Kier alpha value is -3.95. The number of anilines is 1. The Morgan fingerprint density at radius 3 is 2.07 bits per heavy atom. The van der Waals surface area contributed by atoms with Crippen molar-refractivity contribution < 1.29 is 18.0 Å². The van der Waals surface area contributed by atoms with Crippen molar-refractivity contribution in [1.82, 2.24) is 10.2 Å². The standard InChI is InChI=1S/C36H40BrN3O4S/c1-25(2)38-36(42)34(22-29-10-7-6-8-11-29)39(23-30-12-9-13-31(37)21-30)35(41)24-40(33-19-16-27(4)20-28(33)5)45(43,44)32-17-14-26(3)15-18-32/h6-21,25,34H,22-24H2,1-5H3,(H,38,42)/t34-/m0/s1. The molecule has 1 atom stereocenters. The van der Waals surface area contributed by atoms with Gasteiger partial charge in [0.25, 0.3) is 10.0 Å². The highest BCUT2D eigenvalue weighted by molar-refractivity contribution is 9.10. The van der Waals surface area contributed by atoms with Crippen LogP contribution in [-0.2, 0) is 32.6 Å². The van der Waals surface area contributed by atoms with Gasteiger partial charge in [-0.05, 0) is 81.6 Å². The zero-order valence-corrected chi connectivity index (χ0v) is 28.7. The van der Waals surface area contributed by atoms with Gasteiger partial charge in [-0.25, -0.2) is 8.42 Å². The molecule has 9 heteroatoms. The lowest BCUT2D eigenvalue weighted by molar-refractivity contribution is -0.140. The number of amides is 2. The average Bonchev–Trinajstić information content (AvgIpc) is 2.98. The molecule has 0 aliphatic rings. The Labute approximate surface area is 275 Å². The van der Waals surface area contributed by atoms with E-state index in [1.165, 1.54) is 9.21 Å². The van der Waals surface area contributed by atoms with Crippen LogP contribution in [0.3, 0.4) is 0 Å². The molecule has 0 aliphatic carbocycles. The zero-order chi connectivity index (χ0) is 32.7. The minimum atomic E-state index is -4.16. The van der Waals surface area contributed by atoms with E-state index in [0.717, 1.165) is 32.3 Å². The SMILES string of the molecule is Cc1ccc(S(=O)(=O)N(CC(=O)N(Cc2cccc(Br)c2)[C@@H](Cc2ccccc2)C(=O)NC(C)C)c2ccc(C)cc2C)cc1. The van der Waals surface area contributed by atoms with Crippen LogP contribution >= 0.6 is 15.9 Å². The predicted molar refractivity (Wildman–Crippen MR) is 184 cm³/mol. The Bertz CT molecular complexity index is 1740. The number of halogens is 1. The molecule has 0 heterocycles. The van der Waals surface area contributed by atoms with Gasteiger partial charge >= 0.3 is 0 Å². The molecular formula is C36H40BrN3O4S. The molecule has 0 unspecified atom stereocenters. The summed E-state index contributed by atoms with van der Waals surface area (Å²) in [5, 5.41) is 2.98. The number of carbonyl (C=O) groups excluding carboxylic acids is 2. The van der Waals surface area contributed by atoms with Gasteiger partial charge in [0, 0.05) is 23.5 Å². The fraction of sp³-hybridized carbons (Fsp3) is 0.278. The molecule has 2 amide bonds. The third kappa shape index (κ3) is 8.83. The highest BCUT2D eigenvalue weighted by atomic mass is 79.9. The van der Waals surface area contributed by atoms with Gasteiger partial charge in [-0.1, -0.05) is 93.8 Å². The molecule has 1 N–H and O–H groups in total. The molecule has 4 aromatic carbocycles. The lowest BCUT2D eigenvalue weighted by Gasteiger charge is -2.34. The smallest absolute Gasteiger partial charge is 0.264 e. The van der Waals surface area contributed by atoms with Gasteiger partial charge in [-0.2, -0.15) is 0 Å². The van der Waals surface area contributed by atoms with Crippen LogP contribution < -0.4 is 9.62 Å². The number of hydrogen-bond acceptors (Lipinski definition) is 4. The van der Waals surface area contributed by atoms with E-state index in [-0.39, 0.29) is 29.8 Å². The number of aryl methyl sites for hydroxylation is 3. The van der Waals surface area contributed by atoms with Gasteiger partial charge in [-0.3, -0.25) is 13.9 Å². The number of nitrogens with zero attached hydrogens (tertiary/aromatic N) is 2. The fourth-order valence-electron chi connectivity index (χ4n) is 5.20. The molecule has 45 heavy (non-hydrogen) atoms. The second kappa shape index (κ2) is 14.9. The highest BCUT2D eigenvalue weighted by Gasteiger charge is 2.35. The van der Waals surface area contributed by atoms with Crippen molar-refractivity contribution in [2.45, 2.75) is 64.6 Å². The van der Waals surface area contributed by atoms with Gasteiger partial charge in [0.05, 0.1) is 10.6 Å². The Morgan fingerprint density at radius 1 is 0.800 bits per heavy atom. The van der Waals surface area contributed by atoms with Crippen molar-refractivity contribution >= 4 is 43.5 Å². The van der Waals surface area contributed by atoms with E-state index < -0.39 is 28.5 Å². The van der Waals surface area contributed by atoms with Crippen LogP contribution in [0.5, 0.6) is 0 Å². The van der Waals surface area contributed by atoms with Crippen LogP contribution in [0.25, 0.3) is 0 Å². The van der Waals surface area contributed by atoms with Crippen molar-refractivity contribution in [2.75, 3.05) is 10.8 Å². The summed E-state index contributed by atoms with van der Waals surface area (Å²) in [6.07, 6.45) is 0.257. The summed E-state index contributed by atoms with van der Waals surface area (Å²) in [6.45, 7) is 9.00. The largest absolute Gasteiger partial charge is 0.352 e. The molecule has 0 saturated heterocycles. The topological polar surface area (TPSA) is 86.8 Å². The molecule has 0 fully saturated rings. The van der Waals surface area contributed by atoms with Crippen LogP contribution in [0.4, 0.5) is 5.69 Å². The number of rotatable bonds is 12. The van der Waals surface area contributed by atoms with Crippen molar-refractivity contribution in [3.63, 3.8) is 0 Å². The molecule has 0 bridgehead atoms. The predicted octanol–water partition coefficient (Wildman–Crippen LogP) is 6.73. The minimum Gasteiger partial charge on any atom is -0.352 e. The van der Waals surface area contributed by atoms with Gasteiger partial charge < -0.3 is 10.2 Å². The first kappa shape index (κ1) is 33.9. The van der Waals surface area contributed by atoms with E-state index in [2.05, 4.69) is 21.2 Å². The molecule has 4 aromatic rings. The molecule has 236 valence electrons. The molecule has 0 saturated carbocycles. The molecule has 4 rings (SSSR count). The molecule has 0 aromatic heterocycles. The lowest BCUT2D eigenvalue weighted by Crippen LogP contribution is -2.54. The molecule has 0 radical (unpaired) electrons. The molecule has 7 nitrogen and oxygen atoms in total. The zero-order valence-electron chi connectivity index (χ0n) is 26.3. The molecule has 0 aliphatic heterocycles. The maximum atomic E-state index is 14.6. The number of nitrogens with one attached hydrogen (secondary N) is 1. The van der Waals surface area contributed by atoms with Crippen molar-refractivity contribution in [3.05, 3.63) is 129 Å². The Balaban J connectivity index is 1.83. The van der Waals surface area contributed by atoms with Crippen LogP contribution in [0.1, 0.15) is 41.7 Å². The number of benzene rings is 4. The first-order chi connectivity index (χ1) is 21.3. The molecule has 0 spiro atoms. The van der Waals surface area contributed by atoms with E-state index >= 15 is 0 Å². The van der Waals surface area contributed by atoms with Gasteiger partial charge in [0.1, 0.15) is 12.6 Å². The average molecular weight is 691 g/mol. The number of carbonyl (C=O) groups is 2. The molecular weight excluding hydrogens is 650 g/mol. The summed E-state index contributed by atoms with van der Waals surface area (Å²) in [5.41, 5.74) is 4.70. The Morgan fingerprint density at radius 2 is 1.44 bits per heavy atom. The second-order valence-electron chi connectivity index (χ2n) is 11.6. The monoisotopic (exact) mass is 689 g/mol. The second-order valence-corrected chi connectivity index (χ2v) is 14.4. The Kier molecular flexibility index (Phi) is 11.2. The van der Waals surface area contributed by atoms with Gasteiger partial charge in [-0.15, -0.1) is 0 Å². The fourth-order valence-corrected chi connectivity index (χ4v) is 7.13. The first-order valence-electron chi connectivity index (χ1n) is 14.9. The van der Waals surface area contributed by atoms with E-state index in [0.29, 0.717) is 5.69 Å². The van der Waals surface area contributed by atoms with Crippen molar-refractivity contribution in [2.24, 2.45) is 0 Å². The van der Waals surface area contributed by atoms with Crippen molar-refractivity contribution in [3.8, 4) is 0 Å². The van der Waals surface area contributed by atoms with E-state index in [1.54, 1.807) is 30.3 Å². The van der Waals surface area contributed by atoms with E-state index in [4.69, 9.17) is 0 Å². The van der Waals surface area contributed by atoms with Gasteiger partial charge in [0.15, 0.2) is 0 Å². The maximum absolute atomic E-state index is 14.6. The summed E-state index contributed by atoms with van der Waals surface area (Å²) < 4.78 is 30.5. The third-order valence-electron chi connectivity index (χ3n) is 7.45. The van der Waals surface area contributed by atoms with Crippen LogP contribution in [-0.4, -0.2) is 43.8 Å². The first-order valence-corrected chi connectivity index (χ1v) is 17.1. The maximum Gasteiger partial charge on any atom is 0.264 e. The summed E-state index contributed by atoms with van der Waals surface area (Å²) >= 11 is 3.51. The highest BCUT2D eigenvalue weighted by Crippen LogP contribution is 2.29. The number of hydrogen-bond donors (Lipinski definition) is 1. The summed E-state index contributed by atoms with van der Waals surface area (Å²) in [4.78, 5) is 30.0. The number of sulfonamides is 1. The third-order valence-corrected chi connectivity index (χ3v) is 9.72. The van der Waals surface area contributed by atoms with Crippen molar-refractivity contribution in [1.29, 1.82) is 0 Å².